The topological polar surface area (TPSA) is 41.1 Å². The van der Waals surface area contributed by atoms with Gasteiger partial charge in [0.2, 0.25) is 5.91 Å². The van der Waals surface area contributed by atoms with Crippen molar-refractivity contribution in [2.24, 2.45) is 23.2 Å². The molecule has 4 bridgehead atoms. The molecule has 33 heavy (non-hydrogen) atoms. The van der Waals surface area contributed by atoms with E-state index in [1.54, 1.807) is 18.2 Å². The van der Waals surface area contributed by atoms with Crippen molar-refractivity contribution >= 4 is 17.2 Å². The molecular formula is C26H31F3N2OS. The second-order valence-corrected chi connectivity index (χ2v) is 11.4. The van der Waals surface area contributed by atoms with Crippen LogP contribution in [-0.4, -0.2) is 25.2 Å². The third-order valence-electron chi connectivity index (χ3n) is 8.16. The van der Waals surface area contributed by atoms with Gasteiger partial charge in [0, 0.05) is 23.4 Å². The Balaban J connectivity index is 1.37. The van der Waals surface area contributed by atoms with Crippen molar-refractivity contribution in [3.8, 4) is 0 Å². The standard InChI is InChI=1S/C26H31F3N2OS/c27-26(28,29)25(21-5-2-1-3-6-21,31-9-8-22-7-4-10-33-22)17-30-23(32)24-14-18-11-19(15-24)13-20(12-18)16-24/h1-7,10,18-20,31H,8-9,11-17H2,(H,30,32)/t18?,19?,20?,24?,25-/m0/s1. The number of nitrogens with one attached hydrogen (secondary N) is 2. The maximum atomic E-state index is 14.7. The Labute approximate surface area is 197 Å². The van der Waals surface area contributed by atoms with Crippen LogP contribution in [0, 0.1) is 23.2 Å². The summed E-state index contributed by atoms with van der Waals surface area (Å²) >= 11 is 1.54. The van der Waals surface area contributed by atoms with Gasteiger partial charge in [0.25, 0.3) is 0 Å². The maximum Gasteiger partial charge on any atom is 0.412 e. The van der Waals surface area contributed by atoms with Crippen molar-refractivity contribution in [3.63, 3.8) is 0 Å². The molecule has 3 nitrogen and oxygen atoms in total. The van der Waals surface area contributed by atoms with Crippen LogP contribution in [0.4, 0.5) is 13.2 Å². The van der Waals surface area contributed by atoms with Crippen LogP contribution < -0.4 is 10.6 Å². The highest BCUT2D eigenvalue weighted by Crippen LogP contribution is 2.60. The van der Waals surface area contributed by atoms with E-state index in [1.165, 1.54) is 42.7 Å². The fraction of sp³-hybridized carbons (Fsp3) is 0.577. The van der Waals surface area contributed by atoms with Gasteiger partial charge in [-0.25, -0.2) is 0 Å². The minimum atomic E-state index is -4.57. The van der Waals surface area contributed by atoms with Crippen LogP contribution in [0.2, 0.25) is 0 Å². The molecule has 0 spiro atoms. The molecule has 0 aliphatic heterocycles. The predicted octanol–water partition coefficient (Wildman–Crippen LogP) is 5.67. The number of rotatable bonds is 8. The Kier molecular flexibility index (Phi) is 6.06. The average Bonchev–Trinajstić information content (AvgIpc) is 3.28. The first-order valence-corrected chi connectivity index (χ1v) is 12.9. The van der Waals surface area contributed by atoms with Crippen LogP contribution in [0.1, 0.15) is 49.0 Å². The van der Waals surface area contributed by atoms with E-state index in [4.69, 9.17) is 0 Å². The lowest BCUT2D eigenvalue weighted by molar-refractivity contribution is -0.200. The Morgan fingerprint density at radius 3 is 2.15 bits per heavy atom. The van der Waals surface area contributed by atoms with Gasteiger partial charge in [0.1, 0.15) is 0 Å². The minimum Gasteiger partial charge on any atom is -0.353 e. The van der Waals surface area contributed by atoms with Gasteiger partial charge in [-0.1, -0.05) is 36.4 Å². The first-order chi connectivity index (χ1) is 15.8. The average molecular weight is 477 g/mol. The van der Waals surface area contributed by atoms with Crippen molar-refractivity contribution in [3.05, 3.63) is 58.3 Å². The number of hydrogen-bond donors (Lipinski definition) is 2. The quantitative estimate of drug-likeness (QED) is 0.515. The van der Waals surface area contributed by atoms with E-state index < -0.39 is 23.7 Å². The molecule has 0 radical (unpaired) electrons. The monoisotopic (exact) mass is 476 g/mol. The predicted molar refractivity (Wildman–Crippen MR) is 124 cm³/mol. The number of amides is 1. The number of hydrogen-bond acceptors (Lipinski definition) is 3. The molecule has 7 heteroatoms. The number of alkyl halides is 3. The molecule has 1 aromatic heterocycles. The Morgan fingerprint density at radius 2 is 1.61 bits per heavy atom. The van der Waals surface area contributed by atoms with Gasteiger partial charge in [-0.2, -0.15) is 13.2 Å². The Bertz CT molecular complexity index is 924. The molecule has 0 saturated heterocycles. The summed E-state index contributed by atoms with van der Waals surface area (Å²) < 4.78 is 44.2. The summed E-state index contributed by atoms with van der Waals surface area (Å²) in [6.07, 6.45) is 2.00. The van der Waals surface area contributed by atoms with Gasteiger partial charge < -0.3 is 5.32 Å². The summed E-state index contributed by atoms with van der Waals surface area (Å²) in [5.74, 6) is 1.51. The number of halogens is 3. The summed E-state index contributed by atoms with van der Waals surface area (Å²) in [6, 6.07) is 11.8. The highest BCUT2D eigenvalue weighted by atomic mass is 32.1. The summed E-state index contributed by atoms with van der Waals surface area (Å²) in [5.41, 5.74) is -2.67. The van der Waals surface area contributed by atoms with E-state index in [1.807, 2.05) is 17.5 Å². The second-order valence-electron chi connectivity index (χ2n) is 10.4. The first-order valence-electron chi connectivity index (χ1n) is 12.0. The Morgan fingerprint density at radius 1 is 0.970 bits per heavy atom. The van der Waals surface area contributed by atoms with Crippen molar-refractivity contribution in [2.45, 2.75) is 56.7 Å². The van der Waals surface area contributed by atoms with Crippen molar-refractivity contribution in [1.29, 1.82) is 0 Å². The van der Waals surface area contributed by atoms with Gasteiger partial charge >= 0.3 is 6.18 Å². The van der Waals surface area contributed by atoms with E-state index in [-0.39, 0.29) is 18.0 Å². The van der Waals surface area contributed by atoms with Gasteiger partial charge in [-0.15, -0.1) is 11.3 Å². The maximum absolute atomic E-state index is 14.7. The van der Waals surface area contributed by atoms with Crippen molar-refractivity contribution in [2.75, 3.05) is 13.1 Å². The molecule has 4 aliphatic carbocycles. The zero-order valence-corrected chi connectivity index (χ0v) is 19.5. The van der Waals surface area contributed by atoms with Crippen LogP contribution in [0.25, 0.3) is 0 Å². The molecule has 2 aromatic rings. The van der Waals surface area contributed by atoms with Crippen LogP contribution in [0.5, 0.6) is 0 Å². The molecule has 0 unspecified atom stereocenters. The van der Waals surface area contributed by atoms with E-state index in [2.05, 4.69) is 10.6 Å². The normalized spacial score (nSPS) is 30.2. The zero-order chi connectivity index (χ0) is 23.1. The Hall–Kier alpha value is -1.86. The smallest absolute Gasteiger partial charge is 0.353 e. The number of thiophene rings is 1. The van der Waals surface area contributed by atoms with E-state index in [0.29, 0.717) is 24.2 Å². The van der Waals surface area contributed by atoms with Crippen LogP contribution in [0.3, 0.4) is 0 Å². The van der Waals surface area contributed by atoms with E-state index in [9.17, 15) is 18.0 Å². The van der Waals surface area contributed by atoms with E-state index in [0.717, 1.165) is 24.1 Å². The molecule has 4 aliphatic rings. The summed E-state index contributed by atoms with van der Waals surface area (Å²) in [6.45, 7) is -0.326. The molecule has 1 atom stereocenters. The van der Waals surface area contributed by atoms with Gasteiger partial charge in [-0.3, -0.25) is 10.1 Å². The van der Waals surface area contributed by atoms with E-state index >= 15 is 0 Å². The van der Waals surface area contributed by atoms with Gasteiger partial charge in [0.15, 0.2) is 5.54 Å². The lowest BCUT2D eigenvalue weighted by atomic mass is 9.49. The highest BCUT2D eigenvalue weighted by Gasteiger charge is 2.58. The number of benzene rings is 1. The fourth-order valence-corrected chi connectivity index (χ4v) is 7.71. The van der Waals surface area contributed by atoms with Crippen LogP contribution >= 0.6 is 11.3 Å². The van der Waals surface area contributed by atoms with Crippen LogP contribution in [-0.2, 0) is 16.8 Å². The molecular weight excluding hydrogens is 445 g/mol. The first kappa shape index (κ1) is 22.9. The largest absolute Gasteiger partial charge is 0.412 e. The van der Waals surface area contributed by atoms with Crippen LogP contribution in [0.15, 0.2) is 47.8 Å². The lowest BCUT2D eigenvalue weighted by Crippen LogP contribution is -2.62. The van der Waals surface area contributed by atoms with Gasteiger partial charge in [-0.05, 0) is 79.7 Å². The minimum absolute atomic E-state index is 0.134. The summed E-state index contributed by atoms with van der Waals surface area (Å²) in [4.78, 5) is 14.5. The third-order valence-corrected chi connectivity index (χ3v) is 9.10. The van der Waals surface area contributed by atoms with Crippen molar-refractivity contribution in [1.82, 2.24) is 10.6 Å². The number of carbonyl (C=O) groups excluding carboxylic acids is 1. The third kappa shape index (κ3) is 4.34. The molecule has 1 amide bonds. The fourth-order valence-electron chi connectivity index (χ4n) is 7.00. The molecule has 2 N–H and O–H groups in total. The molecule has 178 valence electrons. The molecule has 1 heterocycles. The summed E-state index contributed by atoms with van der Waals surface area (Å²) in [7, 11) is 0. The lowest BCUT2D eigenvalue weighted by Gasteiger charge is -2.55. The SMILES string of the molecule is O=C(NC[C@](NCCc1cccs1)(c1ccccc1)C(F)(F)F)C12CC3CC(CC(C3)C1)C2. The second kappa shape index (κ2) is 8.73. The van der Waals surface area contributed by atoms with Gasteiger partial charge in [0.05, 0.1) is 0 Å². The highest BCUT2D eigenvalue weighted by molar-refractivity contribution is 7.09. The molecule has 4 saturated carbocycles. The molecule has 6 rings (SSSR count). The number of carbonyl (C=O) groups is 1. The van der Waals surface area contributed by atoms with Crippen molar-refractivity contribution < 1.29 is 18.0 Å². The zero-order valence-electron chi connectivity index (χ0n) is 18.7. The summed E-state index contributed by atoms with van der Waals surface area (Å²) in [5, 5.41) is 7.56. The molecule has 4 fully saturated rings. The molecule has 1 aromatic carbocycles.